The molecule has 0 spiro atoms. The van der Waals surface area contributed by atoms with E-state index in [-0.39, 0.29) is 24.4 Å². The first-order valence-corrected chi connectivity index (χ1v) is 9.18. The average Bonchev–Trinajstić information content (AvgIpc) is 2.79. The van der Waals surface area contributed by atoms with E-state index in [1.54, 1.807) is 23.5 Å². The molecule has 1 aromatic carbocycles. The smallest absolute Gasteiger partial charge is 0.260 e. The van der Waals surface area contributed by atoms with Crippen LogP contribution in [-0.2, 0) is 9.53 Å². The number of halogens is 1. The fourth-order valence-electron chi connectivity index (χ4n) is 3.04. The van der Waals surface area contributed by atoms with E-state index in [1.807, 2.05) is 12.1 Å². The van der Waals surface area contributed by atoms with Crippen molar-refractivity contribution in [2.24, 2.45) is 0 Å². The van der Waals surface area contributed by atoms with Crippen LogP contribution in [0.5, 0.6) is 5.75 Å². The Morgan fingerprint density at radius 2 is 1.90 bits per heavy atom. The number of nitrogens with zero attached hydrogens (tertiary/aromatic N) is 4. The highest BCUT2D eigenvalue weighted by molar-refractivity contribution is 5.78. The van der Waals surface area contributed by atoms with Crippen molar-refractivity contribution in [3.8, 4) is 16.9 Å². The van der Waals surface area contributed by atoms with Crippen LogP contribution in [0.15, 0.2) is 61.3 Å². The molecular weight excluding hydrogens is 375 g/mol. The summed E-state index contributed by atoms with van der Waals surface area (Å²) in [5.74, 6) is -0.0506. The second-order valence-corrected chi connectivity index (χ2v) is 6.54. The van der Waals surface area contributed by atoms with Crippen molar-refractivity contribution in [2.45, 2.75) is 6.10 Å². The van der Waals surface area contributed by atoms with E-state index in [1.165, 1.54) is 30.6 Å². The van der Waals surface area contributed by atoms with E-state index in [2.05, 4.69) is 15.0 Å². The Morgan fingerprint density at radius 1 is 1.10 bits per heavy atom. The van der Waals surface area contributed by atoms with Crippen LogP contribution in [0.25, 0.3) is 11.1 Å². The molecule has 0 N–H and O–H groups in total. The number of aromatic nitrogens is 3. The molecule has 1 saturated heterocycles. The van der Waals surface area contributed by atoms with Crippen molar-refractivity contribution in [1.82, 2.24) is 19.9 Å². The molecule has 0 saturated carbocycles. The Labute approximate surface area is 167 Å². The molecule has 1 amide bonds. The highest BCUT2D eigenvalue weighted by atomic mass is 19.1. The normalized spacial score (nSPS) is 16.4. The van der Waals surface area contributed by atoms with E-state index in [4.69, 9.17) is 9.47 Å². The van der Waals surface area contributed by atoms with Gasteiger partial charge in [-0.1, -0.05) is 6.07 Å². The lowest BCUT2D eigenvalue weighted by Gasteiger charge is -2.32. The first-order valence-electron chi connectivity index (χ1n) is 9.18. The third-order valence-electron chi connectivity index (χ3n) is 4.61. The van der Waals surface area contributed by atoms with Crippen molar-refractivity contribution < 1.29 is 18.7 Å². The Balaban J connectivity index is 1.36. The van der Waals surface area contributed by atoms with Gasteiger partial charge >= 0.3 is 0 Å². The first kappa shape index (κ1) is 18.9. The fourth-order valence-corrected chi connectivity index (χ4v) is 3.04. The standard InChI is InChI=1S/C21H19FN4O3/c22-17-2-4-18(5-3-17)29-13-21(27)26-7-8-28-20(12-26)19-6-1-15(11-25-19)16-9-23-14-24-10-16/h1-6,9-11,14,20H,7-8,12-13H2. The minimum absolute atomic E-state index is 0.112. The number of carbonyl (C=O) groups excluding carboxylic acids is 1. The Hall–Kier alpha value is -3.39. The third kappa shape index (κ3) is 4.72. The molecule has 1 aliphatic rings. The van der Waals surface area contributed by atoms with Crippen LogP contribution in [0.2, 0.25) is 0 Å². The maximum absolute atomic E-state index is 12.9. The van der Waals surface area contributed by atoms with Crippen molar-refractivity contribution in [3.63, 3.8) is 0 Å². The van der Waals surface area contributed by atoms with Crippen LogP contribution in [0.4, 0.5) is 4.39 Å². The number of rotatable bonds is 5. The summed E-state index contributed by atoms with van der Waals surface area (Å²) in [5.41, 5.74) is 2.54. The van der Waals surface area contributed by atoms with Crippen LogP contribution in [-0.4, -0.2) is 52.1 Å². The zero-order valence-corrected chi connectivity index (χ0v) is 15.6. The number of benzene rings is 1. The monoisotopic (exact) mass is 394 g/mol. The summed E-state index contributed by atoms with van der Waals surface area (Å²) >= 11 is 0. The maximum atomic E-state index is 12.9. The number of hydrogen-bond donors (Lipinski definition) is 0. The van der Waals surface area contributed by atoms with Gasteiger partial charge in [0, 0.05) is 36.3 Å². The average molecular weight is 394 g/mol. The van der Waals surface area contributed by atoms with Crippen LogP contribution in [0, 0.1) is 5.82 Å². The second-order valence-electron chi connectivity index (χ2n) is 6.54. The summed E-state index contributed by atoms with van der Waals surface area (Å²) in [4.78, 5) is 26.7. The van der Waals surface area contributed by atoms with Gasteiger partial charge in [-0.05, 0) is 30.3 Å². The molecular formula is C21H19FN4O3. The lowest BCUT2D eigenvalue weighted by atomic mass is 10.1. The summed E-state index contributed by atoms with van der Waals surface area (Å²) in [6.45, 7) is 1.19. The molecule has 1 fully saturated rings. The van der Waals surface area contributed by atoms with Gasteiger partial charge in [-0.15, -0.1) is 0 Å². The quantitative estimate of drug-likeness (QED) is 0.662. The van der Waals surface area contributed by atoms with Gasteiger partial charge in [0.15, 0.2) is 6.61 Å². The molecule has 2 aromatic heterocycles. The molecule has 0 bridgehead atoms. The molecule has 1 unspecified atom stereocenters. The van der Waals surface area contributed by atoms with Gasteiger partial charge in [0.05, 0.1) is 18.8 Å². The summed E-state index contributed by atoms with van der Waals surface area (Å²) in [7, 11) is 0. The van der Waals surface area contributed by atoms with Crippen molar-refractivity contribution >= 4 is 5.91 Å². The molecule has 148 valence electrons. The van der Waals surface area contributed by atoms with E-state index in [0.717, 1.165) is 16.8 Å². The number of pyridine rings is 1. The molecule has 29 heavy (non-hydrogen) atoms. The molecule has 0 radical (unpaired) electrons. The summed E-state index contributed by atoms with van der Waals surface area (Å²) in [6, 6.07) is 9.39. The summed E-state index contributed by atoms with van der Waals surface area (Å²) in [6.07, 6.45) is 6.37. The lowest BCUT2D eigenvalue weighted by Crippen LogP contribution is -2.44. The van der Waals surface area contributed by atoms with Gasteiger partial charge in [0.1, 0.15) is 24.0 Å². The molecule has 8 heteroatoms. The fraction of sp³-hybridized carbons (Fsp3) is 0.238. The maximum Gasteiger partial charge on any atom is 0.260 e. The molecule has 0 aliphatic carbocycles. The van der Waals surface area contributed by atoms with Gasteiger partial charge in [0.2, 0.25) is 0 Å². The largest absolute Gasteiger partial charge is 0.484 e. The topological polar surface area (TPSA) is 77.4 Å². The SMILES string of the molecule is O=C(COc1ccc(F)cc1)N1CCOC(c2ccc(-c3cncnc3)cn2)C1. The minimum Gasteiger partial charge on any atom is -0.484 e. The van der Waals surface area contributed by atoms with E-state index in [0.29, 0.717) is 25.4 Å². The highest BCUT2D eigenvalue weighted by Gasteiger charge is 2.26. The third-order valence-corrected chi connectivity index (χ3v) is 4.61. The van der Waals surface area contributed by atoms with E-state index >= 15 is 0 Å². The predicted octanol–water partition coefficient (Wildman–Crippen LogP) is 2.66. The molecule has 4 rings (SSSR count). The Morgan fingerprint density at radius 3 is 2.62 bits per heavy atom. The molecule has 1 atom stereocenters. The Kier molecular flexibility index (Phi) is 5.71. The van der Waals surface area contributed by atoms with Gasteiger partial charge < -0.3 is 14.4 Å². The number of morpholine rings is 1. The minimum atomic E-state index is -0.349. The summed E-state index contributed by atoms with van der Waals surface area (Å²) in [5, 5.41) is 0. The van der Waals surface area contributed by atoms with Gasteiger partial charge in [-0.2, -0.15) is 0 Å². The van der Waals surface area contributed by atoms with Gasteiger partial charge in [-0.25, -0.2) is 14.4 Å². The van der Waals surface area contributed by atoms with Crippen molar-refractivity contribution in [3.05, 3.63) is 72.8 Å². The van der Waals surface area contributed by atoms with Crippen molar-refractivity contribution in [1.29, 1.82) is 0 Å². The zero-order valence-electron chi connectivity index (χ0n) is 15.6. The van der Waals surface area contributed by atoms with Crippen LogP contribution in [0.1, 0.15) is 11.8 Å². The molecule has 3 heterocycles. The molecule has 7 nitrogen and oxygen atoms in total. The van der Waals surface area contributed by atoms with E-state index < -0.39 is 0 Å². The Bertz CT molecular complexity index is 952. The number of ether oxygens (including phenoxy) is 2. The highest BCUT2D eigenvalue weighted by Crippen LogP contribution is 2.23. The number of amides is 1. The van der Waals surface area contributed by atoms with E-state index in [9.17, 15) is 9.18 Å². The zero-order chi connectivity index (χ0) is 20.1. The summed E-state index contributed by atoms with van der Waals surface area (Å²) < 4.78 is 24.2. The first-order chi connectivity index (χ1) is 14.2. The van der Waals surface area contributed by atoms with Crippen molar-refractivity contribution in [2.75, 3.05) is 26.3 Å². The van der Waals surface area contributed by atoms with Gasteiger partial charge in [0.25, 0.3) is 5.91 Å². The molecule has 1 aliphatic heterocycles. The second kappa shape index (κ2) is 8.74. The predicted molar refractivity (Wildman–Crippen MR) is 102 cm³/mol. The van der Waals surface area contributed by atoms with Crippen LogP contribution < -0.4 is 4.74 Å². The van der Waals surface area contributed by atoms with Crippen LogP contribution >= 0.6 is 0 Å². The lowest BCUT2D eigenvalue weighted by molar-refractivity contribution is -0.141. The van der Waals surface area contributed by atoms with Gasteiger partial charge in [-0.3, -0.25) is 9.78 Å². The molecule has 3 aromatic rings. The number of hydrogen-bond acceptors (Lipinski definition) is 6. The van der Waals surface area contributed by atoms with Crippen LogP contribution in [0.3, 0.4) is 0 Å². The number of carbonyl (C=O) groups is 1.